The van der Waals surface area contributed by atoms with Crippen LogP contribution in [0.5, 0.6) is 0 Å². The van der Waals surface area contributed by atoms with Gasteiger partial charge in [0.1, 0.15) is 12.1 Å². The molecule has 7 heteroatoms. The highest BCUT2D eigenvalue weighted by molar-refractivity contribution is 5.50. The molecule has 3 rings (SSSR count). The largest absolute Gasteiger partial charge is 0.356 e. The third kappa shape index (κ3) is 1.86. The first-order valence-electron chi connectivity index (χ1n) is 6.10. The Bertz CT molecular complexity index is 603. The molecular weight excluding hydrogens is 232 g/mol. The summed E-state index contributed by atoms with van der Waals surface area (Å²) in [5.41, 5.74) is 0.362. The zero-order valence-electron chi connectivity index (χ0n) is 10.3. The van der Waals surface area contributed by atoms with Crippen LogP contribution in [0.3, 0.4) is 0 Å². The second-order valence-electron chi connectivity index (χ2n) is 4.66. The molecule has 2 aromatic heterocycles. The molecule has 0 aromatic carbocycles. The average Bonchev–Trinajstić information content (AvgIpc) is 2.97. The van der Waals surface area contributed by atoms with Gasteiger partial charge in [-0.15, -0.1) is 0 Å². The fourth-order valence-corrected chi connectivity index (χ4v) is 2.47. The first kappa shape index (κ1) is 11.2. The van der Waals surface area contributed by atoms with E-state index in [1.165, 1.54) is 17.1 Å². The Morgan fingerprint density at radius 3 is 3.33 bits per heavy atom. The van der Waals surface area contributed by atoms with Crippen LogP contribution in [-0.4, -0.2) is 46.3 Å². The van der Waals surface area contributed by atoms with Gasteiger partial charge in [0.2, 0.25) is 0 Å². The van der Waals surface area contributed by atoms with Crippen molar-refractivity contribution in [3.05, 3.63) is 22.9 Å². The number of anilines is 1. The summed E-state index contributed by atoms with van der Waals surface area (Å²) in [4.78, 5) is 17.9. The summed E-state index contributed by atoms with van der Waals surface area (Å²) >= 11 is 0. The summed E-state index contributed by atoms with van der Waals surface area (Å²) in [5, 5.41) is 9.57. The summed E-state index contributed by atoms with van der Waals surface area (Å²) in [6.45, 7) is 3.03. The Hall–Kier alpha value is -1.89. The lowest BCUT2D eigenvalue weighted by Gasteiger charge is -2.17. The predicted molar refractivity (Wildman–Crippen MR) is 67.9 cm³/mol. The minimum absolute atomic E-state index is 0.251. The highest BCUT2D eigenvalue weighted by atomic mass is 16.1. The number of nitrogens with one attached hydrogen (secondary N) is 2. The van der Waals surface area contributed by atoms with E-state index in [0.717, 1.165) is 25.5 Å². The fraction of sp³-hybridized carbons (Fsp3) is 0.545. The highest BCUT2D eigenvalue weighted by Crippen LogP contribution is 2.21. The van der Waals surface area contributed by atoms with Gasteiger partial charge in [-0.25, -0.2) is 19.3 Å². The molecule has 18 heavy (non-hydrogen) atoms. The number of H-pyrrole nitrogens is 1. The second kappa shape index (κ2) is 4.41. The number of aromatic amines is 1. The van der Waals surface area contributed by atoms with Crippen LogP contribution in [0.2, 0.25) is 0 Å². The van der Waals surface area contributed by atoms with E-state index in [2.05, 4.69) is 25.4 Å². The van der Waals surface area contributed by atoms with Crippen molar-refractivity contribution in [2.75, 3.05) is 31.6 Å². The van der Waals surface area contributed by atoms with Gasteiger partial charge in [-0.05, 0) is 25.9 Å². The quantitative estimate of drug-likeness (QED) is 0.763. The molecule has 3 heterocycles. The number of fused-ring (bicyclic) bond motifs is 1. The summed E-state index contributed by atoms with van der Waals surface area (Å²) in [5.74, 6) is 1.55. The normalized spacial score (nSPS) is 19.8. The molecule has 1 saturated heterocycles. The number of aromatic nitrogens is 4. The van der Waals surface area contributed by atoms with Crippen LogP contribution < -0.4 is 15.9 Å². The molecule has 1 unspecified atom stereocenters. The van der Waals surface area contributed by atoms with Crippen LogP contribution in [0.15, 0.2) is 17.2 Å². The van der Waals surface area contributed by atoms with Crippen molar-refractivity contribution in [3.63, 3.8) is 0 Å². The molecule has 1 aliphatic heterocycles. The molecule has 1 atom stereocenters. The molecule has 0 spiro atoms. The molecule has 1 aliphatic rings. The van der Waals surface area contributed by atoms with Crippen molar-refractivity contribution < 1.29 is 0 Å². The van der Waals surface area contributed by atoms with E-state index in [1.807, 2.05) is 13.1 Å². The van der Waals surface area contributed by atoms with E-state index in [4.69, 9.17) is 0 Å². The van der Waals surface area contributed by atoms with Crippen LogP contribution in [-0.2, 0) is 0 Å². The summed E-state index contributed by atoms with van der Waals surface area (Å²) in [7, 11) is 1.98. The van der Waals surface area contributed by atoms with Crippen LogP contribution in [0.4, 0.5) is 5.82 Å². The van der Waals surface area contributed by atoms with Gasteiger partial charge in [0.05, 0.1) is 0 Å². The predicted octanol–water partition coefficient (Wildman–Crippen LogP) is -0.537. The summed E-state index contributed by atoms with van der Waals surface area (Å²) < 4.78 is 1.41. The zero-order valence-corrected chi connectivity index (χ0v) is 10.3. The Morgan fingerprint density at radius 2 is 2.50 bits per heavy atom. The third-order valence-electron chi connectivity index (χ3n) is 3.40. The molecule has 96 valence electrons. The van der Waals surface area contributed by atoms with Gasteiger partial charge in [-0.3, -0.25) is 0 Å². The van der Waals surface area contributed by atoms with Gasteiger partial charge >= 0.3 is 5.69 Å². The molecule has 7 nitrogen and oxygen atoms in total. The van der Waals surface area contributed by atoms with Crippen molar-refractivity contribution in [3.8, 4) is 0 Å². The van der Waals surface area contributed by atoms with E-state index in [0.29, 0.717) is 11.6 Å². The Balaban J connectivity index is 1.84. The standard InChI is InChI=1S/C11H16N6O/c1-12-5-8-2-3-16(6-8)9-4-10-14-15-11(18)17(10)7-13-9/h4,7-8,12H,2-3,5-6H2,1H3,(H,15,18). The van der Waals surface area contributed by atoms with Crippen molar-refractivity contribution in [2.24, 2.45) is 5.92 Å². The Kier molecular flexibility index (Phi) is 2.75. The molecule has 0 aliphatic carbocycles. The summed E-state index contributed by atoms with van der Waals surface area (Å²) in [6.07, 6.45) is 2.70. The smallest absolute Gasteiger partial charge is 0.348 e. The van der Waals surface area contributed by atoms with E-state index < -0.39 is 0 Å². The van der Waals surface area contributed by atoms with Crippen LogP contribution in [0, 0.1) is 5.92 Å². The van der Waals surface area contributed by atoms with E-state index in [-0.39, 0.29) is 5.69 Å². The molecule has 2 N–H and O–H groups in total. The lowest BCUT2D eigenvalue weighted by Crippen LogP contribution is -2.25. The average molecular weight is 248 g/mol. The minimum Gasteiger partial charge on any atom is -0.356 e. The number of hydrogen-bond acceptors (Lipinski definition) is 5. The van der Waals surface area contributed by atoms with E-state index in [9.17, 15) is 4.79 Å². The highest BCUT2D eigenvalue weighted by Gasteiger charge is 2.23. The SMILES string of the molecule is CNCC1CCN(c2cc3n[nH]c(=O)n3cn2)C1. The van der Waals surface area contributed by atoms with Gasteiger partial charge in [0.15, 0.2) is 5.65 Å². The van der Waals surface area contributed by atoms with Crippen molar-refractivity contribution in [2.45, 2.75) is 6.42 Å². The molecule has 0 amide bonds. The molecule has 0 radical (unpaired) electrons. The van der Waals surface area contributed by atoms with Gasteiger partial charge in [0, 0.05) is 19.2 Å². The number of nitrogens with zero attached hydrogens (tertiary/aromatic N) is 4. The van der Waals surface area contributed by atoms with Gasteiger partial charge in [-0.1, -0.05) is 0 Å². The fourth-order valence-electron chi connectivity index (χ4n) is 2.47. The molecule has 0 bridgehead atoms. The van der Waals surface area contributed by atoms with Crippen LogP contribution in [0.25, 0.3) is 5.65 Å². The molecule has 1 fully saturated rings. The van der Waals surface area contributed by atoms with Gasteiger partial charge in [0.25, 0.3) is 0 Å². The maximum Gasteiger partial charge on any atom is 0.348 e. The first-order chi connectivity index (χ1) is 8.78. The maximum atomic E-state index is 11.3. The zero-order chi connectivity index (χ0) is 12.5. The van der Waals surface area contributed by atoms with Gasteiger partial charge in [-0.2, -0.15) is 5.10 Å². The number of hydrogen-bond donors (Lipinski definition) is 2. The maximum absolute atomic E-state index is 11.3. The summed E-state index contributed by atoms with van der Waals surface area (Å²) in [6, 6.07) is 1.85. The monoisotopic (exact) mass is 248 g/mol. The molecule has 2 aromatic rings. The lowest BCUT2D eigenvalue weighted by atomic mass is 10.1. The Labute approximate surface area is 104 Å². The van der Waals surface area contributed by atoms with Crippen LogP contribution in [0.1, 0.15) is 6.42 Å². The topological polar surface area (TPSA) is 78.3 Å². The third-order valence-corrected chi connectivity index (χ3v) is 3.40. The van der Waals surface area contributed by atoms with E-state index >= 15 is 0 Å². The van der Waals surface area contributed by atoms with Gasteiger partial charge < -0.3 is 10.2 Å². The minimum atomic E-state index is -0.251. The van der Waals surface area contributed by atoms with Crippen molar-refractivity contribution >= 4 is 11.5 Å². The first-order valence-corrected chi connectivity index (χ1v) is 6.10. The lowest BCUT2D eigenvalue weighted by molar-refractivity contribution is 0.549. The van der Waals surface area contributed by atoms with Crippen LogP contribution >= 0.6 is 0 Å². The molecule has 0 saturated carbocycles. The number of rotatable bonds is 3. The van der Waals surface area contributed by atoms with Crippen molar-refractivity contribution in [1.29, 1.82) is 0 Å². The molecular formula is C11H16N6O. The van der Waals surface area contributed by atoms with E-state index in [1.54, 1.807) is 0 Å². The second-order valence-corrected chi connectivity index (χ2v) is 4.66. The Morgan fingerprint density at radius 1 is 1.61 bits per heavy atom. The van der Waals surface area contributed by atoms with Crippen molar-refractivity contribution in [1.82, 2.24) is 24.9 Å².